The van der Waals surface area contributed by atoms with E-state index in [1.807, 2.05) is 12.1 Å². The van der Waals surface area contributed by atoms with Crippen LogP contribution in [-0.2, 0) is 6.54 Å². The van der Waals surface area contributed by atoms with Crippen molar-refractivity contribution in [1.29, 1.82) is 0 Å². The number of aromatic nitrogens is 1. The van der Waals surface area contributed by atoms with Crippen molar-refractivity contribution in [3.05, 3.63) is 35.5 Å². The van der Waals surface area contributed by atoms with E-state index in [-0.39, 0.29) is 6.61 Å². The van der Waals surface area contributed by atoms with Crippen molar-refractivity contribution in [2.45, 2.75) is 32.9 Å². The maximum atomic E-state index is 10.1. The van der Waals surface area contributed by atoms with E-state index in [0.29, 0.717) is 13.1 Å². The van der Waals surface area contributed by atoms with Gasteiger partial charge in [0, 0.05) is 29.7 Å². The van der Waals surface area contributed by atoms with Gasteiger partial charge in [0.15, 0.2) is 0 Å². The predicted molar refractivity (Wildman–Crippen MR) is 82.0 cm³/mol. The Morgan fingerprint density at radius 2 is 2.00 bits per heavy atom. The van der Waals surface area contributed by atoms with Crippen molar-refractivity contribution < 1.29 is 10.2 Å². The molecular formula is C16H24N2O2. The number of fused-ring (bicyclic) bond motifs is 1. The summed E-state index contributed by atoms with van der Waals surface area (Å²) in [5.41, 5.74) is 3.67. The van der Waals surface area contributed by atoms with Gasteiger partial charge >= 0.3 is 0 Å². The van der Waals surface area contributed by atoms with Crippen LogP contribution in [0.2, 0.25) is 0 Å². The van der Waals surface area contributed by atoms with Crippen molar-refractivity contribution in [2.24, 2.45) is 0 Å². The summed E-state index contributed by atoms with van der Waals surface area (Å²) in [6.45, 7) is 6.28. The average Bonchev–Trinajstić information content (AvgIpc) is 2.69. The highest BCUT2D eigenvalue weighted by Crippen LogP contribution is 2.24. The lowest BCUT2D eigenvalue weighted by Crippen LogP contribution is -2.31. The molecule has 1 atom stereocenters. The van der Waals surface area contributed by atoms with Gasteiger partial charge in [0.25, 0.3) is 0 Å². The maximum Gasteiger partial charge on any atom is 0.0843 e. The van der Waals surface area contributed by atoms with E-state index < -0.39 is 6.10 Å². The van der Waals surface area contributed by atoms with Gasteiger partial charge in [-0.2, -0.15) is 0 Å². The first-order chi connectivity index (χ1) is 9.65. The molecule has 2 rings (SSSR count). The molecule has 0 amide bonds. The molecule has 0 aliphatic rings. The van der Waals surface area contributed by atoms with Crippen LogP contribution in [0.5, 0.6) is 0 Å². The Labute approximate surface area is 120 Å². The van der Waals surface area contributed by atoms with Gasteiger partial charge in [-0.25, -0.2) is 0 Å². The minimum absolute atomic E-state index is 0.184. The van der Waals surface area contributed by atoms with E-state index >= 15 is 0 Å². The normalized spacial score (nSPS) is 13.0. The Morgan fingerprint density at radius 3 is 2.75 bits per heavy atom. The second-order valence-corrected chi connectivity index (χ2v) is 5.27. The number of hydrogen-bond acceptors (Lipinski definition) is 3. The molecule has 0 saturated carbocycles. The summed E-state index contributed by atoms with van der Waals surface area (Å²) in [6, 6.07) is 8.30. The van der Waals surface area contributed by atoms with Crippen LogP contribution >= 0.6 is 0 Å². The number of benzene rings is 1. The number of nitrogens with one attached hydrogen (secondary N) is 1. The Balaban J connectivity index is 2.07. The van der Waals surface area contributed by atoms with Gasteiger partial charge in [0.1, 0.15) is 0 Å². The van der Waals surface area contributed by atoms with Gasteiger partial charge in [0.2, 0.25) is 0 Å². The molecule has 20 heavy (non-hydrogen) atoms. The summed E-state index contributed by atoms with van der Waals surface area (Å²) in [7, 11) is 0. The van der Waals surface area contributed by atoms with Gasteiger partial charge in [0.05, 0.1) is 12.6 Å². The number of nitrogens with zero attached hydrogens (tertiary/aromatic N) is 1. The van der Waals surface area contributed by atoms with Gasteiger partial charge < -0.3 is 20.1 Å². The zero-order valence-electron chi connectivity index (χ0n) is 12.3. The van der Waals surface area contributed by atoms with Crippen LogP contribution in [0.3, 0.4) is 0 Å². The monoisotopic (exact) mass is 276 g/mol. The van der Waals surface area contributed by atoms with E-state index in [4.69, 9.17) is 5.11 Å². The summed E-state index contributed by atoms with van der Waals surface area (Å²) in [5, 5.41) is 23.3. The van der Waals surface area contributed by atoms with Crippen molar-refractivity contribution in [3.8, 4) is 0 Å². The minimum atomic E-state index is -0.428. The summed E-state index contributed by atoms with van der Waals surface area (Å²) >= 11 is 0. The number of aryl methyl sites for hydroxylation is 1. The number of hydrogen-bond donors (Lipinski definition) is 3. The highest BCUT2D eigenvalue weighted by Gasteiger charge is 2.13. The molecule has 0 aliphatic heterocycles. The van der Waals surface area contributed by atoms with Crippen LogP contribution in [0.15, 0.2) is 24.3 Å². The highest BCUT2D eigenvalue weighted by atomic mass is 16.3. The molecule has 2 aromatic rings. The lowest BCUT2D eigenvalue weighted by Gasteiger charge is -2.15. The predicted octanol–water partition coefficient (Wildman–Crippen LogP) is 1.59. The van der Waals surface area contributed by atoms with Crippen LogP contribution in [0, 0.1) is 13.8 Å². The molecule has 1 aromatic carbocycles. The van der Waals surface area contributed by atoms with Crippen LogP contribution in [0.1, 0.15) is 17.7 Å². The summed E-state index contributed by atoms with van der Waals surface area (Å²) < 4.78 is 2.18. The fraction of sp³-hybridized carbons (Fsp3) is 0.500. The molecule has 0 aliphatic carbocycles. The Morgan fingerprint density at radius 1 is 1.25 bits per heavy atom. The first-order valence-corrected chi connectivity index (χ1v) is 7.19. The van der Waals surface area contributed by atoms with Crippen molar-refractivity contribution in [3.63, 3.8) is 0 Å². The lowest BCUT2D eigenvalue weighted by molar-refractivity contribution is 0.151. The number of aliphatic hydroxyl groups excluding tert-OH is 2. The summed E-state index contributed by atoms with van der Waals surface area (Å²) in [5.74, 6) is 0. The van der Waals surface area contributed by atoms with Crippen molar-refractivity contribution in [1.82, 2.24) is 9.88 Å². The zero-order valence-corrected chi connectivity index (χ0v) is 12.3. The Hall–Kier alpha value is -1.36. The third-order valence-electron chi connectivity index (χ3n) is 3.83. The van der Waals surface area contributed by atoms with Gasteiger partial charge in [-0.3, -0.25) is 0 Å². The summed E-state index contributed by atoms with van der Waals surface area (Å²) in [4.78, 5) is 0. The number of para-hydroxylation sites is 1. The highest BCUT2D eigenvalue weighted by molar-refractivity contribution is 5.85. The lowest BCUT2D eigenvalue weighted by atomic mass is 10.2. The zero-order chi connectivity index (χ0) is 14.5. The molecule has 1 aromatic heterocycles. The Bertz CT molecular complexity index is 563. The molecule has 0 spiro atoms. The van der Waals surface area contributed by atoms with E-state index in [1.54, 1.807) is 0 Å². The third-order valence-corrected chi connectivity index (χ3v) is 3.83. The van der Waals surface area contributed by atoms with Gasteiger partial charge in [-0.05, 0) is 38.4 Å². The van der Waals surface area contributed by atoms with Crippen molar-refractivity contribution in [2.75, 3.05) is 19.7 Å². The fourth-order valence-electron chi connectivity index (χ4n) is 2.59. The van der Waals surface area contributed by atoms with Gasteiger partial charge in [-0.15, -0.1) is 0 Å². The molecule has 0 unspecified atom stereocenters. The van der Waals surface area contributed by atoms with E-state index in [2.05, 4.69) is 35.9 Å². The van der Waals surface area contributed by atoms with Crippen molar-refractivity contribution >= 4 is 10.9 Å². The van der Waals surface area contributed by atoms with E-state index in [1.165, 1.54) is 22.2 Å². The maximum absolute atomic E-state index is 10.1. The minimum Gasteiger partial charge on any atom is -0.396 e. The molecule has 3 N–H and O–H groups in total. The second kappa shape index (κ2) is 6.88. The largest absolute Gasteiger partial charge is 0.396 e. The topological polar surface area (TPSA) is 57.4 Å². The molecule has 1 heterocycles. The van der Waals surface area contributed by atoms with E-state index in [9.17, 15) is 5.11 Å². The number of rotatable bonds is 7. The quantitative estimate of drug-likeness (QED) is 0.673. The molecule has 0 fully saturated rings. The van der Waals surface area contributed by atoms with Crippen LogP contribution in [0.4, 0.5) is 0 Å². The molecule has 0 bridgehead atoms. The molecule has 0 radical (unpaired) electrons. The second-order valence-electron chi connectivity index (χ2n) is 5.27. The Kier molecular flexibility index (Phi) is 5.17. The standard InChI is InChI=1S/C16H24N2O2/c1-12-13(2)18(16-7-4-3-6-15(12)16)11-14(20)10-17-8-5-9-19/h3-4,6-7,14,17,19-20H,5,8-11H2,1-2H3/t14-/m1/s1. The van der Waals surface area contributed by atoms with Gasteiger partial charge in [-0.1, -0.05) is 18.2 Å². The SMILES string of the molecule is Cc1c(C)n(C[C@H](O)CNCCCO)c2ccccc12. The molecular weight excluding hydrogens is 252 g/mol. The van der Waals surface area contributed by atoms with Crippen LogP contribution < -0.4 is 5.32 Å². The third kappa shape index (κ3) is 3.20. The van der Waals surface area contributed by atoms with Crippen LogP contribution in [0.25, 0.3) is 10.9 Å². The molecule has 0 saturated heterocycles. The first-order valence-electron chi connectivity index (χ1n) is 7.19. The van der Waals surface area contributed by atoms with Crippen LogP contribution in [-0.4, -0.2) is 40.6 Å². The number of aliphatic hydroxyl groups is 2. The molecule has 4 nitrogen and oxygen atoms in total. The molecule has 4 heteroatoms. The van der Waals surface area contributed by atoms with E-state index in [0.717, 1.165) is 13.0 Å². The molecule has 110 valence electrons. The first kappa shape index (κ1) is 15.0. The average molecular weight is 276 g/mol. The smallest absolute Gasteiger partial charge is 0.0843 e. The fourth-order valence-corrected chi connectivity index (χ4v) is 2.59. The summed E-state index contributed by atoms with van der Waals surface area (Å²) in [6.07, 6.45) is 0.291.